The molecule has 0 saturated heterocycles. The van der Waals surface area contributed by atoms with Crippen LogP contribution in [0.2, 0.25) is 0 Å². The third-order valence-corrected chi connectivity index (χ3v) is 5.45. The minimum atomic E-state index is -0.393. The lowest BCUT2D eigenvalue weighted by Gasteiger charge is -2.29. The Balaban J connectivity index is 0.00000578. The summed E-state index contributed by atoms with van der Waals surface area (Å²) in [5, 5.41) is 9.36. The number of allylic oxidation sites excluding steroid dienone is 1. The summed E-state index contributed by atoms with van der Waals surface area (Å²) in [5.74, 6) is 0.758. The Labute approximate surface area is 210 Å². The van der Waals surface area contributed by atoms with Gasteiger partial charge in [-0.15, -0.1) is 12.4 Å². The number of ether oxygens (including phenoxy) is 2. The largest absolute Gasteiger partial charge is 0.493 e. The van der Waals surface area contributed by atoms with Gasteiger partial charge >= 0.3 is 0 Å². The molecule has 0 atom stereocenters. The highest BCUT2D eigenvalue weighted by Gasteiger charge is 2.40. The summed E-state index contributed by atoms with van der Waals surface area (Å²) in [4.78, 5) is 25.1. The molecule has 190 valence electrons. The molecule has 7 nitrogen and oxygen atoms in total. The van der Waals surface area contributed by atoms with Crippen molar-refractivity contribution in [2.75, 3.05) is 26.8 Å². The van der Waals surface area contributed by atoms with Crippen LogP contribution in [0.1, 0.15) is 54.0 Å². The second kappa shape index (κ2) is 11.8. The summed E-state index contributed by atoms with van der Waals surface area (Å²) in [6, 6.07) is 5.55. The van der Waals surface area contributed by atoms with Crippen LogP contribution in [-0.4, -0.2) is 49.7 Å². The van der Waals surface area contributed by atoms with Crippen molar-refractivity contribution >= 4 is 30.3 Å². The van der Waals surface area contributed by atoms with Crippen LogP contribution < -0.4 is 25.4 Å². The van der Waals surface area contributed by atoms with Gasteiger partial charge in [-0.25, -0.2) is 0 Å². The molecule has 0 unspecified atom stereocenters. The number of hydrogen-bond donors (Lipinski definition) is 3. The molecule has 0 spiro atoms. The van der Waals surface area contributed by atoms with Gasteiger partial charge in [-0.2, -0.15) is 0 Å². The van der Waals surface area contributed by atoms with E-state index in [0.29, 0.717) is 24.6 Å². The molecule has 0 aliphatic carbocycles. The molecule has 1 aromatic rings. The fourth-order valence-electron chi connectivity index (χ4n) is 3.91. The van der Waals surface area contributed by atoms with Crippen molar-refractivity contribution in [1.82, 2.24) is 16.0 Å². The van der Waals surface area contributed by atoms with E-state index in [1.807, 2.05) is 78.8 Å². The Hall–Kier alpha value is -2.51. The number of nitrogens with one attached hydrogen (secondary N) is 3. The lowest BCUT2D eigenvalue weighted by Crippen LogP contribution is -2.49. The first-order valence-electron chi connectivity index (χ1n) is 11.3. The molecule has 0 fully saturated rings. The molecule has 0 saturated carbocycles. The molecule has 34 heavy (non-hydrogen) atoms. The summed E-state index contributed by atoms with van der Waals surface area (Å²) in [6.07, 6.45) is 5.88. The van der Waals surface area contributed by atoms with Crippen LogP contribution in [0.4, 0.5) is 0 Å². The van der Waals surface area contributed by atoms with Crippen molar-refractivity contribution in [3.8, 4) is 11.5 Å². The first-order chi connectivity index (χ1) is 15.3. The van der Waals surface area contributed by atoms with Gasteiger partial charge in [0.2, 0.25) is 5.91 Å². The highest BCUT2D eigenvalue weighted by molar-refractivity contribution is 5.96. The lowest BCUT2D eigenvalue weighted by molar-refractivity contribution is -0.123. The number of halogens is 1. The molecule has 1 aliphatic rings. The molecule has 0 radical (unpaired) electrons. The summed E-state index contributed by atoms with van der Waals surface area (Å²) >= 11 is 0. The smallest absolute Gasteiger partial charge is 0.257 e. The second-order valence-corrected chi connectivity index (χ2v) is 10.4. The van der Waals surface area contributed by atoms with Gasteiger partial charge in [0.25, 0.3) is 5.91 Å². The minimum Gasteiger partial charge on any atom is -0.493 e. The van der Waals surface area contributed by atoms with E-state index in [-0.39, 0.29) is 41.8 Å². The topological polar surface area (TPSA) is 88.7 Å². The van der Waals surface area contributed by atoms with Gasteiger partial charge in [-0.3, -0.25) is 14.9 Å². The van der Waals surface area contributed by atoms with Gasteiger partial charge in [0.05, 0.1) is 7.11 Å². The molecule has 2 amide bonds. The lowest BCUT2D eigenvalue weighted by atomic mass is 9.92. The van der Waals surface area contributed by atoms with Gasteiger partial charge in [0.1, 0.15) is 0 Å². The Kier molecular flexibility index (Phi) is 10.2. The van der Waals surface area contributed by atoms with E-state index in [1.54, 1.807) is 13.2 Å². The Bertz CT molecular complexity index is 936. The molecule has 0 bridgehead atoms. The predicted molar refractivity (Wildman–Crippen MR) is 140 cm³/mol. The van der Waals surface area contributed by atoms with Gasteiger partial charge in [-0.1, -0.05) is 38.1 Å². The SMILES string of the molecule is C/C=C/c1ccc(OCC(=O)NCC(C)(C)CNC(=O)C2=CC(C)(C)NC2(C)C)c(OC)c1.Cl. The monoisotopic (exact) mass is 493 g/mol. The number of carbonyl (C=O) groups is 2. The third-order valence-electron chi connectivity index (χ3n) is 5.45. The number of hydrogen-bond acceptors (Lipinski definition) is 5. The zero-order valence-electron chi connectivity index (χ0n) is 21.6. The normalized spacial score (nSPS) is 16.4. The van der Waals surface area contributed by atoms with Crippen molar-refractivity contribution in [1.29, 1.82) is 0 Å². The van der Waals surface area contributed by atoms with Crippen LogP contribution in [0.15, 0.2) is 35.9 Å². The molecular formula is C26H40ClN3O4. The summed E-state index contributed by atoms with van der Waals surface area (Å²) in [6.45, 7) is 14.7. The zero-order chi connectivity index (χ0) is 24.9. The number of methoxy groups -OCH3 is 1. The van der Waals surface area contributed by atoms with Crippen LogP contribution >= 0.6 is 12.4 Å². The van der Waals surface area contributed by atoms with E-state index in [2.05, 4.69) is 16.0 Å². The standard InChI is InChI=1S/C26H39N3O4.ClH/c1-9-10-18-11-12-20(21(13-18)32-8)33-15-22(30)27-16-24(2,3)17-28-23(31)19-14-25(4,5)29-26(19,6)7;/h9-14,29H,15-17H2,1-8H3,(H,27,30)(H,28,31);1H/b10-9+;. The molecule has 8 heteroatoms. The summed E-state index contributed by atoms with van der Waals surface area (Å²) in [7, 11) is 1.57. The Morgan fingerprint density at radius 2 is 1.74 bits per heavy atom. The Morgan fingerprint density at radius 3 is 2.29 bits per heavy atom. The molecule has 2 rings (SSSR count). The van der Waals surface area contributed by atoms with E-state index < -0.39 is 5.54 Å². The summed E-state index contributed by atoms with van der Waals surface area (Å²) in [5.41, 5.74) is 0.773. The van der Waals surface area contributed by atoms with Crippen LogP contribution in [0.25, 0.3) is 6.08 Å². The van der Waals surface area contributed by atoms with E-state index in [4.69, 9.17) is 9.47 Å². The molecular weight excluding hydrogens is 454 g/mol. The zero-order valence-corrected chi connectivity index (χ0v) is 22.4. The van der Waals surface area contributed by atoms with Crippen molar-refractivity contribution < 1.29 is 19.1 Å². The molecule has 1 heterocycles. The predicted octanol–water partition coefficient (Wildman–Crippen LogP) is 3.87. The highest BCUT2D eigenvalue weighted by Crippen LogP contribution is 2.30. The fourth-order valence-corrected chi connectivity index (χ4v) is 3.91. The van der Waals surface area contributed by atoms with Crippen molar-refractivity contribution in [3.05, 3.63) is 41.5 Å². The van der Waals surface area contributed by atoms with E-state index in [9.17, 15) is 9.59 Å². The molecule has 3 N–H and O–H groups in total. The van der Waals surface area contributed by atoms with Crippen LogP contribution in [0, 0.1) is 5.41 Å². The molecule has 0 aromatic heterocycles. The maximum atomic E-state index is 12.8. The Morgan fingerprint density at radius 1 is 1.09 bits per heavy atom. The van der Waals surface area contributed by atoms with Gasteiger partial charge in [-0.05, 0) is 57.7 Å². The van der Waals surface area contributed by atoms with Gasteiger partial charge < -0.3 is 20.1 Å². The van der Waals surface area contributed by atoms with Crippen molar-refractivity contribution in [3.63, 3.8) is 0 Å². The van der Waals surface area contributed by atoms with Crippen LogP contribution in [0.3, 0.4) is 0 Å². The van der Waals surface area contributed by atoms with Crippen molar-refractivity contribution in [2.24, 2.45) is 5.41 Å². The minimum absolute atomic E-state index is 0. The molecule has 1 aliphatic heterocycles. The van der Waals surface area contributed by atoms with Crippen molar-refractivity contribution in [2.45, 2.75) is 59.5 Å². The van der Waals surface area contributed by atoms with Crippen LogP contribution in [-0.2, 0) is 9.59 Å². The second-order valence-electron chi connectivity index (χ2n) is 10.4. The highest BCUT2D eigenvalue weighted by atomic mass is 35.5. The van der Waals surface area contributed by atoms with Gasteiger partial charge in [0, 0.05) is 29.7 Å². The number of benzene rings is 1. The van der Waals surface area contributed by atoms with Crippen LogP contribution in [0.5, 0.6) is 11.5 Å². The number of amides is 2. The van der Waals surface area contributed by atoms with E-state index >= 15 is 0 Å². The summed E-state index contributed by atoms with van der Waals surface area (Å²) < 4.78 is 11.0. The maximum absolute atomic E-state index is 12.8. The maximum Gasteiger partial charge on any atom is 0.257 e. The number of carbonyl (C=O) groups excluding carboxylic acids is 2. The average Bonchev–Trinajstić information content (AvgIpc) is 2.96. The molecule has 1 aromatic carbocycles. The number of rotatable bonds is 10. The third kappa shape index (κ3) is 8.37. The van der Waals surface area contributed by atoms with Gasteiger partial charge in [0.15, 0.2) is 18.1 Å². The first-order valence-corrected chi connectivity index (χ1v) is 11.3. The first kappa shape index (κ1) is 29.5. The van der Waals surface area contributed by atoms with E-state index in [0.717, 1.165) is 11.1 Å². The fraction of sp³-hybridized carbons (Fsp3) is 0.538. The van der Waals surface area contributed by atoms with E-state index in [1.165, 1.54) is 0 Å². The quantitative estimate of drug-likeness (QED) is 0.460. The average molecular weight is 494 g/mol.